The van der Waals surface area contributed by atoms with Gasteiger partial charge in [0.2, 0.25) is 5.91 Å². The van der Waals surface area contributed by atoms with E-state index in [4.69, 9.17) is 5.73 Å². The summed E-state index contributed by atoms with van der Waals surface area (Å²) in [6.07, 6.45) is 3.28. The highest BCUT2D eigenvalue weighted by molar-refractivity contribution is 6.08. The predicted octanol–water partition coefficient (Wildman–Crippen LogP) is 4.26. The molecule has 2 aromatic carbocycles. The summed E-state index contributed by atoms with van der Waals surface area (Å²) < 4.78 is 57.8. The first kappa shape index (κ1) is 23.9. The van der Waals surface area contributed by atoms with Gasteiger partial charge in [0.1, 0.15) is 23.3 Å². The van der Waals surface area contributed by atoms with Crippen molar-refractivity contribution in [2.24, 2.45) is 5.73 Å². The van der Waals surface area contributed by atoms with Gasteiger partial charge < -0.3 is 16.0 Å². The monoisotopic (exact) mass is 460 g/mol. The van der Waals surface area contributed by atoms with Crippen LogP contribution in [0.15, 0.2) is 48.8 Å². The van der Waals surface area contributed by atoms with Gasteiger partial charge in [0.15, 0.2) is 0 Å². The van der Waals surface area contributed by atoms with Crippen molar-refractivity contribution < 1.29 is 27.2 Å². The third-order valence-electron chi connectivity index (χ3n) is 4.92. The Bertz CT molecular complexity index is 1180. The lowest BCUT2D eigenvalue weighted by Gasteiger charge is -2.21. The quantitative estimate of drug-likeness (QED) is 0.516. The molecule has 0 aliphatic heterocycles. The Balaban J connectivity index is 1.97. The molecule has 6 nitrogen and oxygen atoms in total. The average molecular weight is 460 g/mol. The van der Waals surface area contributed by atoms with Crippen molar-refractivity contribution in [1.29, 1.82) is 0 Å². The van der Waals surface area contributed by atoms with E-state index in [1.54, 1.807) is 0 Å². The first-order chi connectivity index (χ1) is 15.8. The molecule has 0 saturated heterocycles. The Labute approximate surface area is 187 Å². The van der Waals surface area contributed by atoms with E-state index in [1.807, 2.05) is 0 Å². The van der Waals surface area contributed by atoms with E-state index in [-0.39, 0.29) is 23.7 Å². The Morgan fingerprint density at radius 3 is 2.33 bits per heavy atom. The standard InChI is InChI=1S/C23H20F4N4O2/c1-31(19(32)6-3-10-28)18-9-11-29-12-17(18)30-23(33)13-7-8-16(26)21(22(13)27)20-14(24)4-2-5-15(20)25/h2,4-5,7-9,11-12H,3,6,10,28H2,1H3,(H,30,33). The molecule has 0 aliphatic carbocycles. The van der Waals surface area contributed by atoms with Gasteiger partial charge in [-0.15, -0.1) is 0 Å². The highest BCUT2D eigenvalue weighted by atomic mass is 19.1. The Hall–Kier alpha value is -3.79. The fourth-order valence-electron chi connectivity index (χ4n) is 3.21. The fraction of sp³-hybridized carbons (Fsp3) is 0.174. The Kier molecular flexibility index (Phi) is 7.39. The number of nitrogens with two attached hydrogens (primary N) is 1. The smallest absolute Gasteiger partial charge is 0.258 e. The molecule has 0 saturated carbocycles. The number of anilines is 2. The molecule has 1 heterocycles. The summed E-state index contributed by atoms with van der Waals surface area (Å²) in [4.78, 5) is 30.3. The molecule has 1 aromatic heterocycles. The van der Waals surface area contributed by atoms with Gasteiger partial charge >= 0.3 is 0 Å². The van der Waals surface area contributed by atoms with Crippen LogP contribution >= 0.6 is 0 Å². The van der Waals surface area contributed by atoms with Crippen molar-refractivity contribution >= 4 is 23.2 Å². The van der Waals surface area contributed by atoms with E-state index in [9.17, 15) is 22.8 Å². The van der Waals surface area contributed by atoms with Crippen LogP contribution in [0.5, 0.6) is 0 Å². The number of rotatable bonds is 7. The number of benzene rings is 2. The maximum absolute atomic E-state index is 15.1. The minimum absolute atomic E-state index is 0.0773. The number of nitrogens with zero attached hydrogens (tertiary/aromatic N) is 2. The number of pyridine rings is 1. The minimum atomic E-state index is -1.44. The molecular weight excluding hydrogens is 440 g/mol. The maximum Gasteiger partial charge on any atom is 0.258 e. The van der Waals surface area contributed by atoms with E-state index in [0.29, 0.717) is 13.0 Å². The van der Waals surface area contributed by atoms with Gasteiger partial charge in [0.05, 0.1) is 34.3 Å². The average Bonchev–Trinajstić information content (AvgIpc) is 2.79. The normalized spacial score (nSPS) is 10.7. The molecule has 3 aromatic rings. The van der Waals surface area contributed by atoms with Crippen LogP contribution in [0, 0.1) is 23.3 Å². The maximum atomic E-state index is 15.1. The summed E-state index contributed by atoms with van der Waals surface area (Å²) in [6.45, 7) is 0.328. The predicted molar refractivity (Wildman–Crippen MR) is 116 cm³/mol. The zero-order chi connectivity index (χ0) is 24.1. The van der Waals surface area contributed by atoms with Crippen LogP contribution in [0.3, 0.4) is 0 Å². The van der Waals surface area contributed by atoms with Crippen molar-refractivity contribution in [1.82, 2.24) is 4.98 Å². The molecule has 3 N–H and O–H groups in total. The lowest BCUT2D eigenvalue weighted by molar-refractivity contribution is -0.118. The fourth-order valence-corrected chi connectivity index (χ4v) is 3.21. The second-order valence-corrected chi connectivity index (χ2v) is 7.07. The molecule has 0 unspecified atom stereocenters. The summed E-state index contributed by atoms with van der Waals surface area (Å²) in [5.74, 6) is -6.33. The first-order valence-electron chi connectivity index (χ1n) is 9.90. The summed E-state index contributed by atoms with van der Waals surface area (Å²) >= 11 is 0. The number of amides is 2. The number of carbonyl (C=O) groups is 2. The molecule has 10 heteroatoms. The molecule has 2 amide bonds. The summed E-state index contributed by atoms with van der Waals surface area (Å²) in [5.41, 5.74) is 3.21. The molecule has 0 fully saturated rings. The third kappa shape index (κ3) is 5.01. The van der Waals surface area contributed by atoms with Gasteiger partial charge in [-0.3, -0.25) is 14.6 Å². The Morgan fingerprint density at radius 1 is 1.00 bits per heavy atom. The van der Waals surface area contributed by atoms with Crippen LogP contribution in [0.4, 0.5) is 28.9 Å². The topological polar surface area (TPSA) is 88.3 Å². The number of aromatic nitrogens is 1. The number of carbonyl (C=O) groups excluding carboxylic acids is 2. The number of hydrogen-bond acceptors (Lipinski definition) is 4. The van der Waals surface area contributed by atoms with Crippen LogP contribution in [0.2, 0.25) is 0 Å². The van der Waals surface area contributed by atoms with Crippen molar-refractivity contribution in [2.75, 3.05) is 23.8 Å². The van der Waals surface area contributed by atoms with E-state index in [1.165, 1.54) is 30.4 Å². The number of nitrogens with one attached hydrogen (secondary N) is 1. The van der Waals surface area contributed by atoms with Crippen LogP contribution < -0.4 is 16.0 Å². The molecule has 33 heavy (non-hydrogen) atoms. The molecular formula is C23H20F4N4O2. The van der Waals surface area contributed by atoms with E-state index >= 15 is 4.39 Å². The van der Waals surface area contributed by atoms with Gasteiger partial charge in [0.25, 0.3) is 5.91 Å². The molecule has 3 rings (SSSR count). The second kappa shape index (κ2) is 10.2. The lowest BCUT2D eigenvalue weighted by atomic mass is 9.99. The zero-order valence-corrected chi connectivity index (χ0v) is 17.5. The molecule has 0 radical (unpaired) electrons. The summed E-state index contributed by atoms with van der Waals surface area (Å²) in [5, 5.41) is 2.42. The van der Waals surface area contributed by atoms with Gasteiger partial charge in [-0.05, 0) is 43.3 Å². The molecule has 172 valence electrons. The van der Waals surface area contributed by atoms with Crippen molar-refractivity contribution in [2.45, 2.75) is 12.8 Å². The molecule has 0 spiro atoms. The van der Waals surface area contributed by atoms with Crippen LogP contribution in [0.25, 0.3) is 11.1 Å². The van der Waals surface area contributed by atoms with Crippen molar-refractivity contribution in [3.05, 3.63) is 77.6 Å². The number of hydrogen-bond donors (Lipinski definition) is 2. The minimum Gasteiger partial charge on any atom is -0.330 e. The highest BCUT2D eigenvalue weighted by Crippen LogP contribution is 2.33. The first-order valence-corrected chi connectivity index (χ1v) is 9.90. The second-order valence-electron chi connectivity index (χ2n) is 7.07. The summed E-state index contributed by atoms with van der Waals surface area (Å²) in [7, 11) is 1.49. The molecule has 0 atom stereocenters. The van der Waals surface area contributed by atoms with Gasteiger partial charge in [-0.25, -0.2) is 17.6 Å². The summed E-state index contributed by atoms with van der Waals surface area (Å²) in [6, 6.07) is 5.82. The number of halogens is 4. The van der Waals surface area contributed by atoms with Crippen molar-refractivity contribution in [3.63, 3.8) is 0 Å². The van der Waals surface area contributed by atoms with Gasteiger partial charge in [0, 0.05) is 19.7 Å². The van der Waals surface area contributed by atoms with Crippen LogP contribution in [-0.4, -0.2) is 30.4 Å². The van der Waals surface area contributed by atoms with Gasteiger partial charge in [-0.2, -0.15) is 0 Å². The van der Waals surface area contributed by atoms with Crippen LogP contribution in [-0.2, 0) is 4.79 Å². The lowest BCUT2D eigenvalue weighted by Crippen LogP contribution is -2.28. The van der Waals surface area contributed by atoms with E-state index < -0.39 is 45.9 Å². The SMILES string of the molecule is CN(C(=O)CCCN)c1ccncc1NC(=O)c1ccc(F)c(-c2c(F)cccc2F)c1F. The van der Waals surface area contributed by atoms with Crippen molar-refractivity contribution in [3.8, 4) is 11.1 Å². The van der Waals surface area contributed by atoms with Crippen LogP contribution in [0.1, 0.15) is 23.2 Å². The Morgan fingerprint density at radius 2 is 1.67 bits per heavy atom. The van der Waals surface area contributed by atoms with Gasteiger partial charge in [-0.1, -0.05) is 6.07 Å². The highest BCUT2D eigenvalue weighted by Gasteiger charge is 2.25. The molecule has 0 aliphatic rings. The van der Waals surface area contributed by atoms with E-state index in [2.05, 4.69) is 10.3 Å². The molecule has 0 bridgehead atoms. The van der Waals surface area contributed by atoms with E-state index in [0.717, 1.165) is 30.3 Å². The largest absolute Gasteiger partial charge is 0.330 e. The zero-order valence-electron chi connectivity index (χ0n) is 17.5. The third-order valence-corrected chi connectivity index (χ3v) is 4.92.